The van der Waals surface area contributed by atoms with Gasteiger partial charge in [0.1, 0.15) is 18.5 Å². The van der Waals surface area contributed by atoms with Crippen molar-refractivity contribution in [3.05, 3.63) is 42.0 Å². The van der Waals surface area contributed by atoms with E-state index in [9.17, 15) is 4.79 Å². The molecule has 0 spiro atoms. The summed E-state index contributed by atoms with van der Waals surface area (Å²) in [6.45, 7) is 4.36. The molecule has 1 amide bonds. The number of hydrogen-bond donors (Lipinski definition) is 1. The van der Waals surface area contributed by atoms with Crippen molar-refractivity contribution in [1.82, 2.24) is 10.2 Å². The molecule has 1 heterocycles. The zero-order chi connectivity index (χ0) is 22.2. The summed E-state index contributed by atoms with van der Waals surface area (Å²) in [5.74, 6) is 3.18. The second-order valence-electron chi connectivity index (χ2n) is 7.12. The van der Waals surface area contributed by atoms with Gasteiger partial charge >= 0.3 is 0 Å². The fourth-order valence-electron chi connectivity index (χ4n) is 3.43. The fraction of sp³-hybridized carbons (Fsp3) is 0.435. The SMILES string of the molecule is CCN(CC(=O)NCc1cc(OC)c(OC)cc1OC)C[C@H]1COc2ccccc2O1. The number of para-hydroxylation sites is 2. The molecular formula is C23H30N2O6. The van der Waals surface area contributed by atoms with Gasteiger partial charge in [-0.1, -0.05) is 19.1 Å². The van der Waals surface area contributed by atoms with Gasteiger partial charge in [-0.2, -0.15) is 0 Å². The van der Waals surface area contributed by atoms with Crippen molar-refractivity contribution in [2.45, 2.75) is 19.6 Å². The molecule has 1 atom stereocenters. The lowest BCUT2D eigenvalue weighted by Gasteiger charge is -2.30. The third kappa shape index (κ3) is 5.73. The van der Waals surface area contributed by atoms with Gasteiger partial charge in [0.2, 0.25) is 5.91 Å². The maximum Gasteiger partial charge on any atom is 0.234 e. The number of fused-ring (bicyclic) bond motifs is 1. The second-order valence-corrected chi connectivity index (χ2v) is 7.12. The Labute approximate surface area is 183 Å². The predicted octanol–water partition coefficient (Wildman–Crippen LogP) is 2.49. The Balaban J connectivity index is 1.55. The van der Waals surface area contributed by atoms with E-state index in [-0.39, 0.29) is 18.6 Å². The summed E-state index contributed by atoms with van der Waals surface area (Å²) in [5.41, 5.74) is 0.803. The highest BCUT2D eigenvalue weighted by Gasteiger charge is 2.23. The fourth-order valence-corrected chi connectivity index (χ4v) is 3.43. The third-order valence-corrected chi connectivity index (χ3v) is 5.11. The summed E-state index contributed by atoms with van der Waals surface area (Å²) in [5, 5.41) is 2.95. The van der Waals surface area contributed by atoms with Crippen molar-refractivity contribution in [1.29, 1.82) is 0 Å². The minimum absolute atomic E-state index is 0.0872. The van der Waals surface area contributed by atoms with Gasteiger partial charge < -0.3 is 29.0 Å². The molecule has 0 aliphatic carbocycles. The molecule has 0 aromatic heterocycles. The van der Waals surface area contributed by atoms with Crippen LogP contribution in [0, 0.1) is 0 Å². The van der Waals surface area contributed by atoms with Gasteiger partial charge in [-0.25, -0.2) is 0 Å². The van der Waals surface area contributed by atoms with Crippen LogP contribution in [0.3, 0.4) is 0 Å². The van der Waals surface area contributed by atoms with E-state index in [1.54, 1.807) is 33.5 Å². The van der Waals surface area contributed by atoms with Gasteiger partial charge in [-0.15, -0.1) is 0 Å². The molecule has 2 aromatic rings. The average molecular weight is 431 g/mol. The molecule has 168 valence electrons. The number of nitrogens with one attached hydrogen (secondary N) is 1. The van der Waals surface area contributed by atoms with Crippen LogP contribution in [0.1, 0.15) is 12.5 Å². The van der Waals surface area contributed by atoms with E-state index < -0.39 is 0 Å². The molecule has 1 aliphatic rings. The van der Waals surface area contributed by atoms with Crippen molar-refractivity contribution in [3.8, 4) is 28.7 Å². The Bertz CT molecular complexity index is 888. The quantitative estimate of drug-likeness (QED) is 0.620. The third-order valence-electron chi connectivity index (χ3n) is 5.11. The van der Waals surface area contributed by atoms with Crippen LogP contribution < -0.4 is 29.0 Å². The van der Waals surface area contributed by atoms with E-state index >= 15 is 0 Å². The van der Waals surface area contributed by atoms with Crippen LogP contribution in [0.5, 0.6) is 28.7 Å². The van der Waals surface area contributed by atoms with E-state index in [0.29, 0.717) is 43.5 Å². The van der Waals surface area contributed by atoms with E-state index in [0.717, 1.165) is 17.1 Å². The van der Waals surface area contributed by atoms with Crippen LogP contribution in [0.25, 0.3) is 0 Å². The molecule has 0 radical (unpaired) electrons. The van der Waals surface area contributed by atoms with Gasteiger partial charge in [0.25, 0.3) is 0 Å². The van der Waals surface area contributed by atoms with Crippen molar-refractivity contribution in [3.63, 3.8) is 0 Å². The monoisotopic (exact) mass is 430 g/mol. The van der Waals surface area contributed by atoms with Crippen molar-refractivity contribution in [2.24, 2.45) is 0 Å². The molecule has 0 saturated carbocycles. The second kappa shape index (κ2) is 10.8. The van der Waals surface area contributed by atoms with Crippen LogP contribution in [-0.2, 0) is 11.3 Å². The number of benzene rings is 2. The number of carbonyl (C=O) groups excluding carboxylic acids is 1. The van der Waals surface area contributed by atoms with Crippen LogP contribution in [0.2, 0.25) is 0 Å². The Morgan fingerprint density at radius 3 is 2.42 bits per heavy atom. The van der Waals surface area contributed by atoms with Crippen LogP contribution in [-0.4, -0.2) is 64.5 Å². The molecular weight excluding hydrogens is 400 g/mol. The number of likely N-dealkylation sites (N-methyl/N-ethyl adjacent to an activating group) is 1. The summed E-state index contributed by atoms with van der Waals surface area (Å²) in [4.78, 5) is 14.6. The first-order valence-electron chi connectivity index (χ1n) is 10.2. The highest BCUT2D eigenvalue weighted by molar-refractivity contribution is 5.78. The number of ether oxygens (including phenoxy) is 5. The van der Waals surface area contributed by atoms with Gasteiger partial charge in [0.15, 0.2) is 23.0 Å². The first kappa shape index (κ1) is 22.6. The molecule has 8 heteroatoms. The van der Waals surface area contributed by atoms with Crippen molar-refractivity contribution < 1.29 is 28.5 Å². The van der Waals surface area contributed by atoms with Gasteiger partial charge in [-0.05, 0) is 24.7 Å². The summed E-state index contributed by atoms with van der Waals surface area (Å²) in [6, 6.07) is 11.2. The summed E-state index contributed by atoms with van der Waals surface area (Å²) in [6.07, 6.45) is -0.131. The van der Waals surface area contributed by atoms with Gasteiger partial charge in [0.05, 0.1) is 27.9 Å². The smallest absolute Gasteiger partial charge is 0.234 e. The predicted molar refractivity (Wildman–Crippen MR) is 116 cm³/mol. The van der Waals surface area contributed by atoms with Gasteiger partial charge in [0, 0.05) is 24.7 Å². The number of nitrogens with zero attached hydrogens (tertiary/aromatic N) is 1. The average Bonchev–Trinajstić information content (AvgIpc) is 2.81. The topological polar surface area (TPSA) is 78.5 Å². The minimum atomic E-state index is -0.131. The highest BCUT2D eigenvalue weighted by Crippen LogP contribution is 2.34. The summed E-state index contributed by atoms with van der Waals surface area (Å²) in [7, 11) is 4.72. The summed E-state index contributed by atoms with van der Waals surface area (Å²) >= 11 is 0. The number of methoxy groups -OCH3 is 3. The molecule has 0 fully saturated rings. The maximum atomic E-state index is 12.6. The Morgan fingerprint density at radius 2 is 1.74 bits per heavy atom. The van der Waals surface area contributed by atoms with E-state index in [1.807, 2.05) is 36.1 Å². The maximum absolute atomic E-state index is 12.6. The molecule has 1 N–H and O–H groups in total. The molecule has 8 nitrogen and oxygen atoms in total. The van der Waals surface area contributed by atoms with Crippen LogP contribution >= 0.6 is 0 Å². The lowest BCUT2D eigenvalue weighted by Crippen LogP contribution is -2.44. The van der Waals surface area contributed by atoms with Crippen molar-refractivity contribution in [2.75, 3.05) is 47.6 Å². The Hall–Kier alpha value is -3.13. The first-order valence-corrected chi connectivity index (χ1v) is 10.2. The number of amides is 1. The minimum Gasteiger partial charge on any atom is -0.496 e. The lowest BCUT2D eigenvalue weighted by atomic mass is 10.1. The van der Waals surface area contributed by atoms with E-state index in [1.165, 1.54) is 0 Å². The zero-order valence-electron chi connectivity index (χ0n) is 18.5. The molecule has 0 bridgehead atoms. The largest absolute Gasteiger partial charge is 0.496 e. The highest BCUT2D eigenvalue weighted by atomic mass is 16.6. The number of carbonyl (C=O) groups is 1. The lowest BCUT2D eigenvalue weighted by molar-refractivity contribution is -0.122. The Morgan fingerprint density at radius 1 is 1.06 bits per heavy atom. The van der Waals surface area contributed by atoms with Crippen molar-refractivity contribution >= 4 is 5.91 Å². The molecule has 31 heavy (non-hydrogen) atoms. The van der Waals surface area contributed by atoms with Crippen LogP contribution in [0.4, 0.5) is 0 Å². The molecule has 3 rings (SSSR count). The van der Waals surface area contributed by atoms with E-state index in [4.69, 9.17) is 23.7 Å². The normalized spacial score (nSPS) is 14.8. The Kier molecular flexibility index (Phi) is 7.83. The molecule has 2 aromatic carbocycles. The molecule has 0 saturated heterocycles. The number of rotatable bonds is 10. The summed E-state index contributed by atoms with van der Waals surface area (Å²) < 4.78 is 27.9. The molecule has 0 unspecified atom stereocenters. The molecule has 1 aliphatic heterocycles. The zero-order valence-corrected chi connectivity index (χ0v) is 18.5. The van der Waals surface area contributed by atoms with Crippen LogP contribution in [0.15, 0.2) is 36.4 Å². The van der Waals surface area contributed by atoms with E-state index in [2.05, 4.69) is 5.32 Å². The number of hydrogen-bond acceptors (Lipinski definition) is 7. The van der Waals surface area contributed by atoms with Gasteiger partial charge in [-0.3, -0.25) is 9.69 Å². The standard InChI is InChI=1S/C23H30N2O6/c1-5-25(13-17-15-30-18-8-6-7-9-19(18)31-17)14-23(26)24-12-16-10-21(28-3)22(29-4)11-20(16)27-2/h6-11,17H,5,12-15H2,1-4H3,(H,24,26)/t17-/m0/s1. The first-order chi connectivity index (χ1) is 15.1.